The van der Waals surface area contributed by atoms with Gasteiger partial charge in [0.05, 0.1) is 30.8 Å². The third-order valence-electron chi connectivity index (χ3n) is 5.86. The van der Waals surface area contributed by atoms with Crippen molar-refractivity contribution >= 4 is 17.3 Å². The van der Waals surface area contributed by atoms with E-state index in [0.717, 1.165) is 60.4 Å². The van der Waals surface area contributed by atoms with Gasteiger partial charge in [0.1, 0.15) is 11.5 Å². The fraction of sp³-hybridized carbons (Fsp3) is 0.385. The summed E-state index contributed by atoms with van der Waals surface area (Å²) in [6.45, 7) is 3.35. The molecule has 3 aromatic rings. The first-order valence-corrected chi connectivity index (χ1v) is 12.2. The fourth-order valence-electron chi connectivity index (χ4n) is 4.33. The Bertz CT molecular complexity index is 1050. The highest BCUT2D eigenvalue weighted by atomic mass is 32.1. The van der Waals surface area contributed by atoms with Crippen molar-refractivity contribution in [2.45, 2.75) is 51.4 Å². The molecule has 2 aromatic carbocycles. The van der Waals surface area contributed by atoms with E-state index in [2.05, 4.69) is 41.6 Å². The molecule has 4 rings (SSSR count). The quantitative estimate of drug-likeness (QED) is 0.356. The number of thiazole rings is 1. The summed E-state index contributed by atoms with van der Waals surface area (Å²) in [5, 5.41) is 11.1. The van der Waals surface area contributed by atoms with Crippen LogP contribution >= 0.6 is 11.3 Å². The predicted octanol–water partition coefficient (Wildman–Crippen LogP) is 6.12. The van der Waals surface area contributed by atoms with E-state index in [-0.39, 0.29) is 12.3 Å². The van der Waals surface area contributed by atoms with E-state index in [1.54, 1.807) is 11.3 Å². The number of aliphatic carboxylic acids is 1. The number of hydrogen-bond donors (Lipinski definition) is 1. The van der Waals surface area contributed by atoms with Gasteiger partial charge in [0.15, 0.2) is 0 Å². The maximum Gasteiger partial charge on any atom is 0.303 e. The molecule has 0 aliphatic heterocycles. The van der Waals surface area contributed by atoms with Crippen molar-refractivity contribution in [3.63, 3.8) is 0 Å². The molecule has 1 aliphatic rings. The van der Waals surface area contributed by atoms with Gasteiger partial charge >= 0.3 is 5.97 Å². The van der Waals surface area contributed by atoms with Crippen LogP contribution in [0, 0.1) is 0 Å². The molecule has 0 amide bonds. The minimum atomic E-state index is -0.733. The number of carboxylic acids is 1. The summed E-state index contributed by atoms with van der Waals surface area (Å²) in [5.41, 5.74) is 7.59. The lowest BCUT2D eigenvalue weighted by atomic mass is 9.98. The fourth-order valence-corrected chi connectivity index (χ4v) is 4.89. The minimum Gasteiger partial charge on any atom is -0.493 e. The van der Waals surface area contributed by atoms with Gasteiger partial charge in [-0.15, -0.1) is 11.3 Å². The number of fused-ring (bicyclic) bond motifs is 1. The van der Waals surface area contributed by atoms with Crippen LogP contribution in [0.15, 0.2) is 47.3 Å². The van der Waals surface area contributed by atoms with Gasteiger partial charge in [0, 0.05) is 17.4 Å². The van der Waals surface area contributed by atoms with Crippen molar-refractivity contribution in [3.8, 4) is 22.8 Å². The molecular formula is C26H29NO4S. The van der Waals surface area contributed by atoms with Crippen LogP contribution in [0.5, 0.6) is 11.5 Å². The highest BCUT2D eigenvalue weighted by Crippen LogP contribution is 2.37. The first kappa shape index (κ1) is 22.3. The molecule has 0 bridgehead atoms. The number of aromatic nitrogens is 1. The Morgan fingerprint density at radius 3 is 2.84 bits per heavy atom. The summed E-state index contributed by atoms with van der Waals surface area (Å²) in [6.07, 6.45) is 4.85. The molecule has 5 nitrogen and oxygen atoms in total. The molecule has 1 aromatic heterocycles. The zero-order valence-electron chi connectivity index (χ0n) is 18.4. The van der Waals surface area contributed by atoms with E-state index >= 15 is 0 Å². The zero-order valence-corrected chi connectivity index (χ0v) is 19.2. The normalized spacial score (nSPS) is 14.8. The third kappa shape index (κ3) is 5.49. The molecule has 0 fully saturated rings. The van der Waals surface area contributed by atoms with Crippen LogP contribution in [0.1, 0.15) is 55.2 Å². The maximum atomic E-state index is 11.0. The lowest BCUT2D eigenvalue weighted by Crippen LogP contribution is -2.07. The Hall–Kier alpha value is -2.86. The van der Waals surface area contributed by atoms with Crippen LogP contribution < -0.4 is 9.47 Å². The Morgan fingerprint density at radius 2 is 2.06 bits per heavy atom. The summed E-state index contributed by atoms with van der Waals surface area (Å²) >= 11 is 1.60. The molecule has 1 atom stereocenters. The number of carboxylic acid groups (broad SMARTS) is 1. The Morgan fingerprint density at radius 1 is 1.19 bits per heavy atom. The Kier molecular flexibility index (Phi) is 7.43. The number of rotatable bonds is 11. The maximum absolute atomic E-state index is 11.0. The van der Waals surface area contributed by atoms with E-state index < -0.39 is 5.97 Å². The van der Waals surface area contributed by atoms with Crippen LogP contribution in [0.2, 0.25) is 0 Å². The van der Waals surface area contributed by atoms with Gasteiger partial charge in [-0.3, -0.25) is 4.79 Å². The number of ether oxygens (including phenoxy) is 2. The molecule has 168 valence electrons. The average molecular weight is 452 g/mol. The molecule has 1 heterocycles. The van der Waals surface area contributed by atoms with E-state index in [1.165, 1.54) is 11.1 Å². The van der Waals surface area contributed by atoms with Gasteiger partial charge in [0.2, 0.25) is 0 Å². The molecule has 6 heteroatoms. The predicted molar refractivity (Wildman–Crippen MR) is 127 cm³/mol. The van der Waals surface area contributed by atoms with Gasteiger partial charge < -0.3 is 14.6 Å². The highest BCUT2D eigenvalue weighted by molar-refractivity contribution is 7.07. The summed E-state index contributed by atoms with van der Waals surface area (Å²) in [4.78, 5) is 15.4. The lowest BCUT2D eigenvalue weighted by molar-refractivity contribution is -0.137. The second-order valence-corrected chi connectivity index (χ2v) is 8.91. The second kappa shape index (κ2) is 10.6. The van der Waals surface area contributed by atoms with Crippen LogP contribution in [-0.2, 0) is 17.6 Å². The van der Waals surface area contributed by atoms with Crippen molar-refractivity contribution < 1.29 is 19.4 Å². The molecule has 0 saturated heterocycles. The van der Waals surface area contributed by atoms with E-state index in [0.29, 0.717) is 13.2 Å². The standard InChI is InChI=1S/C26H29NO4S/c1-2-4-21-13-20(24-16-32-17-27-24)7-10-25(21)31-12-3-11-30-22-8-9-23-18(14-22)5-6-19(23)15-26(28)29/h7-10,13-14,16-17,19H,2-6,11-12,15H2,1H3,(H,28,29)/t19-/m0/s1. The van der Waals surface area contributed by atoms with Gasteiger partial charge in [0.25, 0.3) is 0 Å². The van der Waals surface area contributed by atoms with Gasteiger partial charge in [-0.1, -0.05) is 19.4 Å². The molecular weight excluding hydrogens is 422 g/mol. The zero-order chi connectivity index (χ0) is 22.3. The lowest BCUT2D eigenvalue weighted by Gasteiger charge is -2.13. The smallest absolute Gasteiger partial charge is 0.303 e. The molecule has 0 saturated carbocycles. The minimum absolute atomic E-state index is 0.129. The topological polar surface area (TPSA) is 68.7 Å². The van der Waals surface area contributed by atoms with Crippen LogP contribution in [0.25, 0.3) is 11.3 Å². The SMILES string of the molecule is CCCc1cc(-c2cscn2)ccc1OCCCOc1ccc2c(c1)CC[C@H]2CC(=O)O. The summed E-state index contributed by atoms with van der Waals surface area (Å²) in [6, 6.07) is 12.4. The molecule has 0 spiro atoms. The van der Waals surface area contributed by atoms with Crippen molar-refractivity contribution in [2.24, 2.45) is 0 Å². The van der Waals surface area contributed by atoms with E-state index in [1.807, 2.05) is 17.6 Å². The Balaban J connectivity index is 1.27. The summed E-state index contributed by atoms with van der Waals surface area (Å²) < 4.78 is 12.0. The monoisotopic (exact) mass is 451 g/mol. The van der Waals surface area contributed by atoms with Gasteiger partial charge in [-0.2, -0.15) is 0 Å². The van der Waals surface area contributed by atoms with E-state index in [4.69, 9.17) is 14.6 Å². The van der Waals surface area contributed by atoms with Crippen molar-refractivity contribution in [2.75, 3.05) is 13.2 Å². The first-order chi connectivity index (χ1) is 15.6. The molecule has 1 N–H and O–H groups in total. The summed E-state index contributed by atoms with van der Waals surface area (Å²) in [5.74, 6) is 1.18. The van der Waals surface area contributed by atoms with Crippen molar-refractivity contribution in [3.05, 3.63) is 64.0 Å². The highest BCUT2D eigenvalue weighted by Gasteiger charge is 2.24. The number of aryl methyl sites for hydroxylation is 2. The Labute approximate surface area is 193 Å². The molecule has 32 heavy (non-hydrogen) atoms. The first-order valence-electron chi connectivity index (χ1n) is 11.3. The van der Waals surface area contributed by atoms with Gasteiger partial charge in [-0.25, -0.2) is 4.98 Å². The number of benzene rings is 2. The second-order valence-electron chi connectivity index (χ2n) is 8.19. The molecule has 0 radical (unpaired) electrons. The van der Waals surface area contributed by atoms with Crippen molar-refractivity contribution in [1.82, 2.24) is 4.98 Å². The number of nitrogens with zero attached hydrogens (tertiary/aromatic N) is 1. The van der Waals surface area contributed by atoms with Crippen molar-refractivity contribution in [1.29, 1.82) is 0 Å². The van der Waals surface area contributed by atoms with E-state index in [9.17, 15) is 4.79 Å². The molecule has 0 unspecified atom stereocenters. The average Bonchev–Trinajstić information content (AvgIpc) is 3.45. The largest absolute Gasteiger partial charge is 0.493 e. The van der Waals surface area contributed by atoms with Gasteiger partial charge in [-0.05, 0) is 72.2 Å². The number of hydrogen-bond acceptors (Lipinski definition) is 5. The summed E-state index contributed by atoms with van der Waals surface area (Å²) in [7, 11) is 0. The number of carbonyl (C=O) groups is 1. The molecule has 1 aliphatic carbocycles. The van der Waals surface area contributed by atoms with Crippen LogP contribution in [-0.4, -0.2) is 29.3 Å². The van der Waals surface area contributed by atoms with Crippen LogP contribution in [0.4, 0.5) is 0 Å². The van der Waals surface area contributed by atoms with Crippen LogP contribution in [0.3, 0.4) is 0 Å². The third-order valence-corrected chi connectivity index (χ3v) is 6.45.